The van der Waals surface area contributed by atoms with Crippen LogP contribution < -0.4 is 15.4 Å². The van der Waals surface area contributed by atoms with Gasteiger partial charge in [0.15, 0.2) is 15.7 Å². The molecule has 0 amide bonds. The summed E-state index contributed by atoms with van der Waals surface area (Å²) in [5.74, 6) is 1.98. The molecule has 0 radical (unpaired) electrons. The molecule has 0 unspecified atom stereocenters. The number of methoxy groups -OCH3 is 1. The van der Waals surface area contributed by atoms with Gasteiger partial charge in [-0.05, 0) is 88.9 Å². The molecule has 0 bridgehead atoms. The van der Waals surface area contributed by atoms with Crippen LogP contribution >= 0.6 is 11.6 Å². The SMILES string of the molecule is COCCN1CCC(c2c(C)cc(Nc3ncc(Cl)c(Nc4ccccc4S(=O)(=O)C(C)C)n3)c3c2C[C@@H](C)O3)CC1. The third kappa shape index (κ3) is 6.37. The predicted molar refractivity (Wildman–Crippen MR) is 168 cm³/mol. The van der Waals surface area contributed by atoms with Gasteiger partial charge >= 0.3 is 0 Å². The smallest absolute Gasteiger partial charge is 0.229 e. The molecule has 2 aliphatic rings. The van der Waals surface area contributed by atoms with Gasteiger partial charge in [-0.15, -0.1) is 0 Å². The fourth-order valence-electron chi connectivity index (χ4n) is 5.91. The fraction of sp³-hybridized carbons (Fsp3) is 0.484. The molecule has 2 N–H and O–H groups in total. The first-order chi connectivity index (χ1) is 20.1. The van der Waals surface area contributed by atoms with Crippen molar-refractivity contribution in [3.63, 3.8) is 0 Å². The van der Waals surface area contributed by atoms with Gasteiger partial charge < -0.3 is 25.0 Å². The van der Waals surface area contributed by atoms with E-state index in [1.54, 1.807) is 45.2 Å². The highest BCUT2D eigenvalue weighted by Gasteiger charge is 2.32. The van der Waals surface area contributed by atoms with Gasteiger partial charge in [0.1, 0.15) is 16.9 Å². The Kier molecular flexibility index (Phi) is 9.27. The van der Waals surface area contributed by atoms with Crippen LogP contribution in [0.3, 0.4) is 0 Å². The number of fused-ring (bicyclic) bond motifs is 1. The Balaban J connectivity index is 1.41. The first-order valence-electron chi connectivity index (χ1n) is 14.5. The number of hydrogen-bond donors (Lipinski definition) is 2. The number of aryl methyl sites for hydroxylation is 1. The Morgan fingerprint density at radius 2 is 1.90 bits per heavy atom. The molecule has 2 aliphatic heterocycles. The lowest BCUT2D eigenvalue weighted by Gasteiger charge is -2.33. The molecule has 42 heavy (non-hydrogen) atoms. The van der Waals surface area contributed by atoms with E-state index in [1.807, 2.05) is 0 Å². The standard InChI is InChI=1S/C31H40ClN5O4S/c1-19(2)42(38,39)27-9-7-6-8-25(27)34-30-24(32)18-33-31(36-30)35-26-16-20(3)28(23-17-21(4)41-29(23)26)22-10-12-37(13-11-22)14-15-40-5/h6-9,16,18-19,21-22H,10-15,17H2,1-5H3,(H2,33,34,35,36)/t21-/m1/s1. The maximum atomic E-state index is 13.0. The van der Waals surface area contributed by atoms with Gasteiger partial charge in [0.05, 0.1) is 34.3 Å². The van der Waals surface area contributed by atoms with Gasteiger partial charge in [-0.2, -0.15) is 4.98 Å². The second kappa shape index (κ2) is 12.8. The van der Waals surface area contributed by atoms with E-state index in [1.165, 1.54) is 22.9 Å². The van der Waals surface area contributed by atoms with Crippen molar-refractivity contribution in [2.24, 2.45) is 0 Å². The largest absolute Gasteiger partial charge is 0.488 e. The molecule has 0 saturated carbocycles. The summed E-state index contributed by atoms with van der Waals surface area (Å²) in [6.07, 6.45) is 4.66. The minimum absolute atomic E-state index is 0.0747. The highest BCUT2D eigenvalue weighted by Crippen LogP contribution is 2.46. The Morgan fingerprint density at radius 1 is 1.17 bits per heavy atom. The second-order valence-electron chi connectivity index (χ2n) is 11.4. The lowest BCUT2D eigenvalue weighted by Crippen LogP contribution is -2.35. The van der Waals surface area contributed by atoms with Crippen molar-refractivity contribution in [1.82, 2.24) is 14.9 Å². The molecule has 1 saturated heterocycles. The molecule has 5 rings (SSSR count). The van der Waals surface area contributed by atoms with E-state index in [-0.39, 0.29) is 16.0 Å². The summed E-state index contributed by atoms with van der Waals surface area (Å²) in [4.78, 5) is 11.7. The van der Waals surface area contributed by atoms with E-state index in [0.29, 0.717) is 23.4 Å². The van der Waals surface area contributed by atoms with Crippen molar-refractivity contribution in [3.05, 3.63) is 58.2 Å². The molecule has 3 heterocycles. The van der Waals surface area contributed by atoms with Crippen LogP contribution in [-0.4, -0.2) is 68.0 Å². The first kappa shape index (κ1) is 30.5. The van der Waals surface area contributed by atoms with Gasteiger partial charge in [0.25, 0.3) is 0 Å². The van der Waals surface area contributed by atoms with Crippen molar-refractivity contribution in [2.45, 2.75) is 69.1 Å². The number of rotatable bonds is 10. The lowest BCUT2D eigenvalue weighted by molar-refractivity contribution is 0.130. The van der Waals surface area contributed by atoms with Crippen LogP contribution in [0.25, 0.3) is 0 Å². The maximum Gasteiger partial charge on any atom is 0.229 e. The van der Waals surface area contributed by atoms with Gasteiger partial charge in [0, 0.05) is 25.6 Å². The zero-order valence-electron chi connectivity index (χ0n) is 24.9. The number of anilines is 4. The van der Waals surface area contributed by atoms with Gasteiger partial charge in [-0.25, -0.2) is 13.4 Å². The number of aromatic nitrogens is 2. The molecular formula is C31H40ClN5O4S. The third-order valence-electron chi connectivity index (χ3n) is 8.11. The average molecular weight is 614 g/mol. The quantitative estimate of drug-likeness (QED) is 0.274. The fourth-order valence-corrected chi connectivity index (χ4v) is 7.25. The molecule has 0 aliphatic carbocycles. The number of para-hydroxylation sites is 1. The summed E-state index contributed by atoms with van der Waals surface area (Å²) in [5.41, 5.74) is 5.12. The van der Waals surface area contributed by atoms with Crippen molar-refractivity contribution in [1.29, 1.82) is 0 Å². The zero-order chi connectivity index (χ0) is 30.0. The Labute approximate surface area is 253 Å². The summed E-state index contributed by atoms with van der Waals surface area (Å²) in [6, 6.07) is 8.88. The van der Waals surface area contributed by atoms with Crippen LogP contribution in [0, 0.1) is 6.92 Å². The van der Waals surface area contributed by atoms with Crippen molar-refractivity contribution >= 4 is 44.6 Å². The van der Waals surface area contributed by atoms with Crippen LogP contribution in [-0.2, 0) is 21.0 Å². The Bertz CT molecular complexity index is 1540. The van der Waals surface area contributed by atoms with Gasteiger partial charge in [-0.3, -0.25) is 0 Å². The topological polar surface area (TPSA) is 106 Å². The van der Waals surface area contributed by atoms with E-state index in [2.05, 4.69) is 45.4 Å². The number of nitrogens with one attached hydrogen (secondary N) is 2. The molecule has 3 aromatic rings. The molecule has 2 aromatic carbocycles. The number of hydrogen-bond acceptors (Lipinski definition) is 9. The minimum atomic E-state index is -3.53. The van der Waals surface area contributed by atoms with Gasteiger partial charge in [-0.1, -0.05) is 23.7 Å². The van der Waals surface area contributed by atoms with Gasteiger partial charge in [0.2, 0.25) is 5.95 Å². The number of likely N-dealkylation sites (tertiary alicyclic amines) is 1. The minimum Gasteiger partial charge on any atom is -0.488 e. The zero-order valence-corrected chi connectivity index (χ0v) is 26.5. The van der Waals surface area contributed by atoms with E-state index in [0.717, 1.165) is 56.9 Å². The first-order valence-corrected chi connectivity index (χ1v) is 16.4. The Morgan fingerprint density at radius 3 is 2.62 bits per heavy atom. The van der Waals surface area contributed by atoms with E-state index in [4.69, 9.17) is 21.1 Å². The second-order valence-corrected chi connectivity index (χ2v) is 14.3. The summed E-state index contributed by atoms with van der Waals surface area (Å²) in [5, 5.41) is 6.18. The normalized spacial score (nSPS) is 17.7. The summed E-state index contributed by atoms with van der Waals surface area (Å²) in [6.45, 7) is 11.4. The van der Waals surface area contributed by atoms with Crippen LogP contribution in [0.2, 0.25) is 5.02 Å². The van der Waals surface area contributed by atoms with Crippen molar-refractivity contribution < 1.29 is 17.9 Å². The molecule has 1 aromatic heterocycles. The van der Waals surface area contributed by atoms with E-state index < -0.39 is 15.1 Å². The molecular weight excluding hydrogens is 574 g/mol. The van der Waals surface area contributed by atoms with Crippen molar-refractivity contribution in [2.75, 3.05) is 44.0 Å². The number of benzene rings is 2. The summed E-state index contributed by atoms with van der Waals surface area (Å²) >= 11 is 6.46. The molecule has 226 valence electrons. The van der Waals surface area contributed by atoms with Crippen LogP contribution in [0.15, 0.2) is 41.4 Å². The number of piperidine rings is 1. The Hall–Kier alpha value is -2.92. The number of sulfone groups is 1. The number of halogens is 1. The average Bonchev–Trinajstić information content (AvgIpc) is 3.35. The number of ether oxygens (including phenoxy) is 2. The number of nitrogens with zero attached hydrogens (tertiary/aromatic N) is 3. The monoisotopic (exact) mass is 613 g/mol. The maximum absolute atomic E-state index is 13.0. The van der Waals surface area contributed by atoms with Crippen LogP contribution in [0.1, 0.15) is 56.2 Å². The van der Waals surface area contributed by atoms with E-state index in [9.17, 15) is 8.42 Å². The van der Waals surface area contributed by atoms with Crippen LogP contribution in [0.5, 0.6) is 5.75 Å². The van der Waals surface area contributed by atoms with Crippen molar-refractivity contribution in [3.8, 4) is 5.75 Å². The lowest BCUT2D eigenvalue weighted by atomic mass is 9.82. The predicted octanol–water partition coefficient (Wildman–Crippen LogP) is 6.26. The highest BCUT2D eigenvalue weighted by molar-refractivity contribution is 7.92. The molecule has 1 fully saturated rings. The van der Waals surface area contributed by atoms with E-state index >= 15 is 0 Å². The highest BCUT2D eigenvalue weighted by atomic mass is 35.5. The summed E-state index contributed by atoms with van der Waals surface area (Å²) in [7, 11) is -1.77. The van der Waals surface area contributed by atoms with Crippen LogP contribution in [0.4, 0.5) is 23.1 Å². The molecule has 0 spiro atoms. The molecule has 11 heteroatoms. The third-order valence-corrected chi connectivity index (χ3v) is 10.6. The molecule has 9 nitrogen and oxygen atoms in total. The molecule has 1 atom stereocenters. The summed E-state index contributed by atoms with van der Waals surface area (Å²) < 4.78 is 37.5.